The zero-order valence-electron chi connectivity index (χ0n) is 11.8. The van der Waals surface area contributed by atoms with Crippen molar-refractivity contribution in [2.75, 3.05) is 6.54 Å². The highest BCUT2D eigenvalue weighted by molar-refractivity contribution is 5.96. The number of hydrogen-bond donors (Lipinski definition) is 2. The maximum absolute atomic E-state index is 12.4. The van der Waals surface area contributed by atoms with Crippen molar-refractivity contribution in [3.8, 4) is 11.8 Å². The summed E-state index contributed by atoms with van der Waals surface area (Å²) in [5.74, 6) is 5.54. The Labute approximate surface area is 124 Å². The smallest absolute Gasteiger partial charge is 0.253 e. The van der Waals surface area contributed by atoms with Crippen LogP contribution in [0.25, 0.3) is 0 Å². The molecule has 2 rings (SSSR count). The maximum atomic E-state index is 12.4. The average molecular weight is 279 g/mol. The number of nitrogens with two attached hydrogens (primary N) is 1. The van der Waals surface area contributed by atoms with E-state index in [4.69, 9.17) is 5.73 Å². The number of pyridine rings is 1. The van der Waals surface area contributed by atoms with Gasteiger partial charge in [0.2, 0.25) is 0 Å². The minimum Gasteiger partial charge on any atom is -0.345 e. The van der Waals surface area contributed by atoms with E-state index in [1.165, 1.54) is 0 Å². The Kier molecular flexibility index (Phi) is 5.08. The Bertz CT molecular complexity index is 671. The molecule has 4 heteroatoms. The molecule has 21 heavy (non-hydrogen) atoms. The molecule has 1 unspecified atom stereocenters. The van der Waals surface area contributed by atoms with Crippen LogP contribution in [-0.2, 0) is 0 Å². The fraction of sp³-hybridized carbons (Fsp3) is 0.176. The summed E-state index contributed by atoms with van der Waals surface area (Å²) in [7, 11) is 0. The number of benzene rings is 1. The molecule has 1 heterocycles. The van der Waals surface area contributed by atoms with Crippen LogP contribution in [0.1, 0.15) is 34.5 Å². The first kappa shape index (κ1) is 14.8. The Morgan fingerprint density at radius 2 is 2.00 bits per heavy atom. The number of nitrogens with zero attached hydrogens (tertiary/aromatic N) is 1. The summed E-state index contributed by atoms with van der Waals surface area (Å²) >= 11 is 0. The van der Waals surface area contributed by atoms with Crippen molar-refractivity contribution in [3.05, 3.63) is 65.5 Å². The van der Waals surface area contributed by atoms with E-state index < -0.39 is 0 Å². The molecule has 0 fully saturated rings. The molecule has 1 aromatic heterocycles. The molecule has 0 saturated carbocycles. The van der Waals surface area contributed by atoms with Gasteiger partial charge in [0.05, 0.1) is 18.2 Å². The van der Waals surface area contributed by atoms with Crippen molar-refractivity contribution >= 4 is 5.91 Å². The van der Waals surface area contributed by atoms with Crippen molar-refractivity contribution in [3.63, 3.8) is 0 Å². The van der Waals surface area contributed by atoms with Gasteiger partial charge in [-0.1, -0.05) is 24.0 Å². The van der Waals surface area contributed by atoms with Gasteiger partial charge in [-0.15, -0.1) is 0 Å². The number of nitrogens with one attached hydrogen (secondary N) is 1. The lowest BCUT2D eigenvalue weighted by atomic mass is 10.1. The number of amides is 1. The van der Waals surface area contributed by atoms with E-state index in [1.807, 2.05) is 37.3 Å². The van der Waals surface area contributed by atoms with E-state index >= 15 is 0 Å². The van der Waals surface area contributed by atoms with Crippen LogP contribution in [0.4, 0.5) is 0 Å². The first-order chi connectivity index (χ1) is 10.2. The van der Waals surface area contributed by atoms with Crippen LogP contribution in [0.2, 0.25) is 0 Å². The van der Waals surface area contributed by atoms with Crippen LogP contribution in [0, 0.1) is 11.8 Å². The Morgan fingerprint density at radius 1 is 1.29 bits per heavy atom. The van der Waals surface area contributed by atoms with Crippen LogP contribution >= 0.6 is 0 Å². The summed E-state index contributed by atoms with van der Waals surface area (Å²) in [6.07, 6.45) is 3.41. The van der Waals surface area contributed by atoms with Crippen LogP contribution in [0.5, 0.6) is 0 Å². The Hall–Kier alpha value is -2.64. The van der Waals surface area contributed by atoms with Crippen LogP contribution in [0.15, 0.2) is 48.8 Å². The first-order valence-electron chi connectivity index (χ1n) is 6.71. The van der Waals surface area contributed by atoms with Gasteiger partial charge in [0.15, 0.2) is 0 Å². The van der Waals surface area contributed by atoms with Gasteiger partial charge in [0.25, 0.3) is 5.91 Å². The van der Waals surface area contributed by atoms with Crippen molar-refractivity contribution in [2.24, 2.45) is 5.73 Å². The van der Waals surface area contributed by atoms with E-state index in [1.54, 1.807) is 18.5 Å². The van der Waals surface area contributed by atoms with Gasteiger partial charge in [-0.25, -0.2) is 0 Å². The molecule has 106 valence electrons. The third-order valence-corrected chi connectivity index (χ3v) is 3.05. The maximum Gasteiger partial charge on any atom is 0.253 e. The molecule has 0 bridgehead atoms. The SMILES string of the molecule is CC(NC(=O)c1ccccc1C#CCN)c1ccncc1. The molecule has 1 aromatic carbocycles. The second kappa shape index (κ2) is 7.22. The summed E-state index contributed by atoms with van der Waals surface area (Å²) in [6.45, 7) is 2.20. The molecule has 0 aliphatic rings. The zero-order valence-corrected chi connectivity index (χ0v) is 11.8. The second-order valence-corrected chi connectivity index (χ2v) is 4.53. The quantitative estimate of drug-likeness (QED) is 0.843. The topological polar surface area (TPSA) is 68.0 Å². The molecule has 0 radical (unpaired) electrons. The summed E-state index contributed by atoms with van der Waals surface area (Å²) < 4.78 is 0. The van der Waals surface area contributed by atoms with Crippen molar-refractivity contribution in [2.45, 2.75) is 13.0 Å². The van der Waals surface area contributed by atoms with Gasteiger partial charge in [-0.05, 0) is 36.8 Å². The Morgan fingerprint density at radius 3 is 2.71 bits per heavy atom. The van der Waals surface area contributed by atoms with Gasteiger partial charge in [-0.2, -0.15) is 0 Å². The Balaban J connectivity index is 2.17. The second-order valence-electron chi connectivity index (χ2n) is 4.53. The summed E-state index contributed by atoms with van der Waals surface area (Å²) in [5.41, 5.74) is 7.62. The number of carbonyl (C=O) groups excluding carboxylic acids is 1. The van der Waals surface area contributed by atoms with Gasteiger partial charge in [0, 0.05) is 18.0 Å². The monoisotopic (exact) mass is 279 g/mol. The summed E-state index contributed by atoms with van der Waals surface area (Å²) in [5, 5.41) is 2.96. The number of hydrogen-bond acceptors (Lipinski definition) is 3. The highest BCUT2D eigenvalue weighted by Gasteiger charge is 2.13. The molecule has 4 nitrogen and oxygen atoms in total. The van der Waals surface area contributed by atoms with Crippen molar-refractivity contribution in [1.29, 1.82) is 0 Å². The highest BCUT2D eigenvalue weighted by Crippen LogP contribution is 2.13. The van der Waals surface area contributed by atoms with Crippen LogP contribution in [-0.4, -0.2) is 17.4 Å². The van der Waals surface area contributed by atoms with E-state index in [-0.39, 0.29) is 18.5 Å². The van der Waals surface area contributed by atoms with Crippen molar-refractivity contribution < 1.29 is 4.79 Å². The van der Waals surface area contributed by atoms with E-state index in [9.17, 15) is 4.79 Å². The van der Waals surface area contributed by atoms with Crippen LogP contribution < -0.4 is 11.1 Å². The van der Waals surface area contributed by atoms with Crippen molar-refractivity contribution in [1.82, 2.24) is 10.3 Å². The van der Waals surface area contributed by atoms with Gasteiger partial charge in [0.1, 0.15) is 0 Å². The van der Waals surface area contributed by atoms with Gasteiger partial charge >= 0.3 is 0 Å². The third kappa shape index (κ3) is 3.91. The molecule has 1 atom stereocenters. The third-order valence-electron chi connectivity index (χ3n) is 3.05. The first-order valence-corrected chi connectivity index (χ1v) is 6.71. The van der Waals surface area contributed by atoms with E-state index in [0.29, 0.717) is 11.1 Å². The molecular formula is C17H17N3O. The molecule has 1 amide bonds. The van der Waals surface area contributed by atoms with E-state index in [2.05, 4.69) is 22.1 Å². The lowest BCUT2D eigenvalue weighted by molar-refractivity contribution is 0.0939. The van der Waals surface area contributed by atoms with E-state index in [0.717, 1.165) is 5.56 Å². The number of rotatable bonds is 3. The molecule has 0 saturated heterocycles. The molecule has 0 spiro atoms. The minimum atomic E-state index is -0.152. The largest absolute Gasteiger partial charge is 0.345 e. The van der Waals surface area contributed by atoms with Crippen LogP contribution in [0.3, 0.4) is 0 Å². The summed E-state index contributed by atoms with van der Waals surface area (Å²) in [4.78, 5) is 16.4. The molecule has 3 N–H and O–H groups in total. The normalized spacial score (nSPS) is 11.1. The van der Waals surface area contributed by atoms with Gasteiger partial charge < -0.3 is 11.1 Å². The zero-order chi connectivity index (χ0) is 15.1. The molecule has 2 aromatic rings. The lowest BCUT2D eigenvalue weighted by Crippen LogP contribution is -2.27. The highest BCUT2D eigenvalue weighted by atomic mass is 16.1. The fourth-order valence-electron chi connectivity index (χ4n) is 1.95. The average Bonchev–Trinajstić information content (AvgIpc) is 2.54. The molecule has 0 aliphatic carbocycles. The number of carbonyl (C=O) groups is 1. The predicted octanol–water partition coefficient (Wildman–Crippen LogP) is 1.88. The number of aromatic nitrogens is 1. The predicted molar refractivity (Wildman–Crippen MR) is 82.5 cm³/mol. The molecule has 0 aliphatic heterocycles. The molecular weight excluding hydrogens is 262 g/mol. The lowest BCUT2D eigenvalue weighted by Gasteiger charge is -2.14. The minimum absolute atomic E-state index is 0.101. The summed E-state index contributed by atoms with van der Waals surface area (Å²) in [6, 6.07) is 10.9. The standard InChI is InChI=1S/C17H17N3O/c1-13(14-8-11-19-12-9-14)20-17(21)16-7-3-2-5-15(16)6-4-10-18/h2-3,5,7-9,11-13H,10,18H2,1H3,(H,20,21). The fourth-order valence-corrected chi connectivity index (χ4v) is 1.95. The van der Waals surface area contributed by atoms with Gasteiger partial charge in [-0.3, -0.25) is 9.78 Å².